The lowest BCUT2D eigenvalue weighted by Gasteiger charge is -2.23. The van der Waals surface area contributed by atoms with E-state index in [1.165, 1.54) is 0 Å². The van der Waals surface area contributed by atoms with Gasteiger partial charge in [-0.05, 0) is 19.9 Å². The number of hydrogen-bond acceptors (Lipinski definition) is 5. The zero-order chi connectivity index (χ0) is 11.5. The van der Waals surface area contributed by atoms with Gasteiger partial charge in [0.15, 0.2) is 9.84 Å². The number of rotatable bonds is 5. The van der Waals surface area contributed by atoms with Crippen LogP contribution in [-0.4, -0.2) is 62.2 Å². The van der Waals surface area contributed by atoms with Crippen LogP contribution in [0.15, 0.2) is 0 Å². The minimum Gasteiger partial charge on any atom is -0.392 e. The summed E-state index contributed by atoms with van der Waals surface area (Å²) in [7, 11) is -0.916. The van der Waals surface area contributed by atoms with Gasteiger partial charge >= 0.3 is 0 Å². The molecular formula is C9H20N2O3S. The molecule has 1 heterocycles. The number of nitrogens with two attached hydrogens (primary N) is 1. The second-order valence-electron chi connectivity index (χ2n) is 4.22. The quantitative estimate of drug-likeness (QED) is 0.627. The second kappa shape index (κ2) is 5.25. The number of aliphatic hydroxyl groups is 1. The zero-order valence-corrected chi connectivity index (χ0v) is 9.91. The molecule has 0 saturated carbocycles. The Morgan fingerprint density at radius 3 is 2.73 bits per heavy atom. The molecule has 0 radical (unpaired) electrons. The fraction of sp³-hybridized carbons (Fsp3) is 1.00. The van der Waals surface area contributed by atoms with Crippen molar-refractivity contribution in [1.82, 2.24) is 4.90 Å². The predicted molar refractivity (Wildman–Crippen MR) is 59.4 cm³/mol. The molecular weight excluding hydrogens is 216 g/mol. The molecule has 1 rings (SSSR count). The fourth-order valence-electron chi connectivity index (χ4n) is 1.78. The van der Waals surface area contributed by atoms with Crippen molar-refractivity contribution in [2.24, 2.45) is 5.73 Å². The molecule has 1 saturated heterocycles. The minimum absolute atomic E-state index is 0.111. The number of nitrogens with zero attached hydrogens (tertiary/aromatic N) is 1. The van der Waals surface area contributed by atoms with Crippen molar-refractivity contribution >= 4 is 9.84 Å². The topological polar surface area (TPSA) is 83.6 Å². The highest BCUT2D eigenvalue weighted by molar-refractivity contribution is 7.91. The molecule has 2 unspecified atom stereocenters. The average Bonchev–Trinajstić information content (AvgIpc) is 2.54. The second-order valence-corrected chi connectivity index (χ2v) is 6.44. The first-order valence-corrected chi connectivity index (χ1v) is 7.05. The lowest BCUT2D eigenvalue weighted by molar-refractivity contribution is 0.145. The van der Waals surface area contributed by atoms with Gasteiger partial charge in [0.2, 0.25) is 0 Å². The fourth-order valence-corrected chi connectivity index (χ4v) is 3.58. The summed E-state index contributed by atoms with van der Waals surface area (Å²) in [5, 5.41) is 9.28. The van der Waals surface area contributed by atoms with E-state index < -0.39 is 15.9 Å². The van der Waals surface area contributed by atoms with Crippen LogP contribution in [0.2, 0.25) is 0 Å². The van der Waals surface area contributed by atoms with E-state index in [-0.39, 0.29) is 18.3 Å². The van der Waals surface area contributed by atoms with Crippen LogP contribution < -0.4 is 5.73 Å². The third-order valence-corrected chi connectivity index (χ3v) is 4.67. The predicted octanol–water partition coefficient (Wildman–Crippen LogP) is -1.18. The van der Waals surface area contributed by atoms with Crippen molar-refractivity contribution in [3.05, 3.63) is 0 Å². The summed E-state index contributed by atoms with van der Waals surface area (Å²) in [4.78, 5) is 2.00. The molecule has 1 aliphatic rings. The number of hydrogen-bond donors (Lipinski definition) is 2. The maximum absolute atomic E-state index is 11.2. The zero-order valence-electron chi connectivity index (χ0n) is 9.09. The van der Waals surface area contributed by atoms with E-state index in [0.29, 0.717) is 25.1 Å². The summed E-state index contributed by atoms with van der Waals surface area (Å²) in [5.74, 6) is 0.545. The molecule has 0 aromatic heterocycles. The largest absolute Gasteiger partial charge is 0.392 e. The summed E-state index contributed by atoms with van der Waals surface area (Å²) in [6.45, 7) is 0.954. The van der Waals surface area contributed by atoms with Crippen molar-refractivity contribution in [2.45, 2.75) is 25.0 Å². The van der Waals surface area contributed by atoms with E-state index >= 15 is 0 Å². The van der Waals surface area contributed by atoms with E-state index in [2.05, 4.69) is 0 Å². The molecule has 90 valence electrons. The summed E-state index contributed by atoms with van der Waals surface area (Å²) < 4.78 is 22.5. The van der Waals surface area contributed by atoms with Crippen LogP contribution in [-0.2, 0) is 9.84 Å². The average molecular weight is 236 g/mol. The van der Waals surface area contributed by atoms with Gasteiger partial charge in [-0.3, -0.25) is 0 Å². The Labute approximate surface area is 91.2 Å². The van der Waals surface area contributed by atoms with Crippen LogP contribution in [0.4, 0.5) is 0 Å². The van der Waals surface area contributed by atoms with E-state index in [9.17, 15) is 13.5 Å². The molecule has 2 atom stereocenters. The van der Waals surface area contributed by atoms with E-state index in [1.54, 1.807) is 0 Å². The van der Waals surface area contributed by atoms with Crippen molar-refractivity contribution in [3.63, 3.8) is 0 Å². The Balaban J connectivity index is 2.32. The van der Waals surface area contributed by atoms with E-state index in [1.807, 2.05) is 11.9 Å². The van der Waals surface area contributed by atoms with Gasteiger partial charge in [-0.15, -0.1) is 0 Å². The van der Waals surface area contributed by atoms with Gasteiger partial charge in [-0.1, -0.05) is 0 Å². The minimum atomic E-state index is -2.81. The smallest absolute Gasteiger partial charge is 0.151 e. The monoisotopic (exact) mass is 236 g/mol. The van der Waals surface area contributed by atoms with Crippen molar-refractivity contribution in [2.75, 3.05) is 31.6 Å². The van der Waals surface area contributed by atoms with Gasteiger partial charge in [0.1, 0.15) is 0 Å². The molecule has 0 bridgehead atoms. The highest BCUT2D eigenvalue weighted by Crippen LogP contribution is 2.16. The maximum Gasteiger partial charge on any atom is 0.151 e. The molecule has 0 aromatic carbocycles. The molecule has 0 aromatic rings. The Bertz CT molecular complexity index is 292. The van der Waals surface area contributed by atoms with Gasteiger partial charge in [0.25, 0.3) is 0 Å². The summed E-state index contributed by atoms with van der Waals surface area (Å²) in [6.07, 6.45) is 0.826. The highest BCUT2D eigenvalue weighted by Gasteiger charge is 2.30. The summed E-state index contributed by atoms with van der Waals surface area (Å²) in [6, 6.07) is 0.111. The molecule has 15 heavy (non-hydrogen) atoms. The van der Waals surface area contributed by atoms with Crippen molar-refractivity contribution < 1.29 is 13.5 Å². The van der Waals surface area contributed by atoms with Gasteiger partial charge < -0.3 is 15.7 Å². The first kappa shape index (κ1) is 12.9. The normalized spacial score (nSPS) is 27.1. The van der Waals surface area contributed by atoms with Crippen LogP contribution in [0.1, 0.15) is 12.8 Å². The standard InChI is InChI=1S/C9H20N2O3S/c1-11(4-2-9(12)6-10)8-3-5-15(13,14)7-8/h8-9,12H,2-7,10H2,1H3. The first-order valence-electron chi connectivity index (χ1n) is 5.23. The van der Waals surface area contributed by atoms with Gasteiger partial charge in [0.05, 0.1) is 17.6 Å². The van der Waals surface area contributed by atoms with E-state index in [0.717, 1.165) is 0 Å². The molecule has 0 amide bonds. The number of sulfone groups is 1. The van der Waals surface area contributed by atoms with Gasteiger partial charge in [-0.2, -0.15) is 0 Å². The van der Waals surface area contributed by atoms with Crippen molar-refractivity contribution in [3.8, 4) is 0 Å². The van der Waals surface area contributed by atoms with E-state index in [4.69, 9.17) is 5.73 Å². The summed E-state index contributed by atoms with van der Waals surface area (Å²) >= 11 is 0. The first-order chi connectivity index (χ1) is 6.94. The van der Waals surface area contributed by atoms with Crippen LogP contribution in [0, 0.1) is 0 Å². The Kier molecular flexibility index (Phi) is 4.51. The Hall–Kier alpha value is -0.170. The van der Waals surface area contributed by atoms with Crippen LogP contribution >= 0.6 is 0 Å². The van der Waals surface area contributed by atoms with Crippen LogP contribution in [0.3, 0.4) is 0 Å². The summed E-state index contributed by atoms with van der Waals surface area (Å²) in [5.41, 5.74) is 5.29. The maximum atomic E-state index is 11.2. The molecule has 5 nitrogen and oxygen atoms in total. The third kappa shape index (κ3) is 4.06. The Morgan fingerprint density at radius 1 is 1.60 bits per heavy atom. The number of aliphatic hydroxyl groups excluding tert-OH is 1. The van der Waals surface area contributed by atoms with Crippen molar-refractivity contribution in [1.29, 1.82) is 0 Å². The molecule has 6 heteroatoms. The Morgan fingerprint density at radius 2 is 2.27 bits per heavy atom. The molecule has 1 aliphatic heterocycles. The van der Waals surface area contributed by atoms with Gasteiger partial charge in [0, 0.05) is 19.1 Å². The lowest BCUT2D eigenvalue weighted by atomic mass is 10.2. The van der Waals surface area contributed by atoms with Gasteiger partial charge in [-0.25, -0.2) is 8.42 Å². The molecule has 3 N–H and O–H groups in total. The molecule has 0 spiro atoms. The highest BCUT2D eigenvalue weighted by atomic mass is 32.2. The third-order valence-electron chi connectivity index (χ3n) is 2.92. The SMILES string of the molecule is CN(CCC(O)CN)C1CCS(=O)(=O)C1. The molecule has 0 aliphatic carbocycles. The van der Waals surface area contributed by atoms with Crippen LogP contribution in [0.25, 0.3) is 0 Å². The van der Waals surface area contributed by atoms with Crippen LogP contribution in [0.5, 0.6) is 0 Å². The molecule has 1 fully saturated rings. The lowest BCUT2D eigenvalue weighted by Crippen LogP contribution is -2.35.